The van der Waals surface area contributed by atoms with Gasteiger partial charge in [0, 0.05) is 28.9 Å². The number of thioether (sulfide) groups is 1. The molecule has 5 heteroatoms. The predicted molar refractivity (Wildman–Crippen MR) is 93.8 cm³/mol. The molecule has 0 radical (unpaired) electrons. The minimum Gasteiger partial charge on any atom is -0.352 e. The Labute approximate surface area is 141 Å². The van der Waals surface area contributed by atoms with Gasteiger partial charge in [0.05, 0.1) is 0 Å². The van der Waals surface area contributed by atoms with Gasteiger partial charge < -0.3 is 5.32 Å². The minimum atomic E-state index is -0.0166. The standard InChI is InChI=1S/C17H23ClN2OS/c18-15-3-1-2-14(10-15)17(21)19-11-13-4-7-20(8-5-13)16-6-9-22-12-16/h1-3,10,13,16H,4-9,11-12H2,(H,19,21)/t16-/m0/s1. The highest BCUT2D eigenvalue weighted by atomic mass is 35.5. The van der Waals surface area contributed by atoms with Gasteiger partial charge in [0.2, 0.25) is 0 Å². The second kappa shape index (κ2) is 7.71. The van der Waals surface area contributed by atoms with Gasteiger partial charge in [-0.3, -0.25) is 9.69 Å². The van der Waals surface area contributed by atoms with Crippen LogP contribution < -0.4 is 5.32 Å². The Hall–Kier alpha value is -0.710. The first-order valence-corrected chi connectivity index (χ1v) is 9.61. The molecule has 1 atom stereocenters. The van der Waals surface area contributed by atoms with Crippen molar-refractivity contribution in [3.05, 3.63) is 34.9 Å². The molecule has 0 aliphatic carbocycles. The van der Waals surface area contributed by atoms with Gasteiger partial charge in [0.1, 0.15) is 0 Å². The van der Waals surface area contributed by atoms with E-state index in [2.05, 4.69) is 22.0 Å². The van der Waals surface area contributed by atoms with Gasteiger partial charge in [0.25, 0.3) is 5.91 Å². The average molecular weight is 339 g/mol. The van der Waals surface area contributed by atoms with Crippen molar-refractivity contribution in [1.29, 1.82) is 0 Å². The summed E-state index contributed by atoms with van der Waals surface area (Å²) in [6, 6.07) is 7.93. The molecule has 1 aromatic rings. The summed E-state index contributed by atoms with van der Waals surface area (Å²) in [4.78, 5) is 14.8. The van der Waals surface area contributed by atoms with Crippen LogP contribution in [0.25, 0.3) is 0 Å². The summed E-state index contributed by atoms with van der Waals surface area (Å²) >= 11 is 8.01. The molecule has 1 amide bonds. The SMILES string of the molecule is O=C(NCC1CCN([C@H]2CCSC2)CC1)c1cccc(Cl)c1. The fraction of sp³-hybridized carbons (Fsp3) is 0.588. The van der Waals surface area contributed by atoms with Gasteiger partial charge in [0.15, 0.2) is 0 Å². The highest BCUT2D eigenvalue weighted by Crippen LogP contribution is 2.26. The lowest BCUT2D eigenvalue weighted by atomic mass is 9.95. The first-order chi connectivity index (χ1) is 10.7. The third-order valence-electron chi connectivity index (χ3n) is 4.71. The maximum Gasteiger partial charge on any atom is 0.251 e. The lowest BCUT2D eigenvalue weighted by Crippen LogP contribution is -2.43. The van der Waals surface area contributed by atoms with Crippen molar-refractivity contribution in [2.75, 3.05) is 31.1 Å². The number of likely N-dealkylation sites (tertiary alicyclic amines) is 1. The molecule has 2 aliphatic heterocycles. The van der Waals surface area contributed by atoms with Gasteiger partial charge >= 0.3 is 0 Å². The van der Waals surface area contributed by atoms with Crippen LogP contribution in [-0.4, -0.2) is 48.0 Å². The van der Waals surface area contributed by atoms with Crippen LogP contribution in [0.3, 0.4) is 0 Å². The Morgan fingerprint density at radius 3 is 2.82 bits per heavy atom. The zero-order valence-corrected chi connectivity index (χ0v) is 14.3. The number of halogens is 1. The van der Waals surface area contributed by atoms with E-state index in [1.807, 2.05) is 12.1 Å². The van der Waals surface area contributed by atoms with Crippen molar-refractivity contribution >= 4 is 29.3 Å². The second-order valence-corrected chi connectivity index (χ2v) is 7.80. The van der Waals surface area contributed by atoms with Crippen LogP contribution in [0.1, 0.15) is 29.6 Å². The molecule has 3 rings (SSSR count). The Balaban J connectivity index is 1.42. The van der Waals surface area contributed by atoms with Crippen LogP contribution in [0.5, 0.6) is 0 Å². The molecule has 0 spiro atoms. The topological polar surface area (TPSA) is 32.3 Å². The number of hydrogen-bond donors (Lipinski definition) is 1. The van der Waals surface area contributed by atoms with Gasteiger partial charge in [-0.2, -0.15) is 11.8 Å². The smallest absolute Gasteiger partial charge is 0.251 e. The largest absolute Gasteiger partial charge is 0.352 e. The van der Waals surface area contributed by atoms with Crippen LogP contribution in [0, 0.1) is 5.92 Å². The summed E-state index contributed by atoms with van der Waals surface area (Å²) in [5.41, 5.74) is 0.646. The van der Waals surface area contributed by atoms with Crippen LogP contribution in [-0.2, 0) is 0 Å². The number of carbonyl (C=O) groups excluding carboxylic acids is 1. The molecule has 2 heterocycles. The molecule has 2 aliphatic rings. The van der Waals surface area contributed by atoms with Crippen LogP contribution in [0.2, 0.25) is 5.02 Å². The van der Waals surface area contributed by atoms with Crippen molar-refractivity contribution in [3.63, 3.8) is 0 Å². The highest BCUT2D eigenvalue weighted by Gasteiger charge is 2.27. The van der Waals surface area contributed by atoms with Gasteiger partial charge in [-0.15, -0.1) is 0 Å². The van der Waals surface area contributed by atoms with Gasteiger partial charge in [-0.05, 0) is 62.2 Å². The third-order valence-corrected chi connectivity index (χ3v) is 6.09. The van der Waals surface area contributed by atoms with E-state index >= 15 is 0 Å². The molecule has 0 bridgehead atoms. The number of nitrogens with zero attached hydrogens (tertiary/aromatic N) is 1. The molecular weight excluding hydrogens is 316 g/mol. The zero-order valence-electron chi connectivity index (χ0n) is 12.8. The van der Waals surface area contributed by atoms with E-state index in [1.54, 1.807) is 12.1 Å². The lowest BCUT2D eigenvalue weighted by molar-refractivity contribution is 0.0928. The van der Waals surface area contributed by atoms with E-state index in [9.17, 15) is 4.79 Å². The van der Waals surface area contributed by atoms with E-state index in [4.69, 9.17) is 11.6 Å². The van der Waals surface area contributed by atoms with E-state index in [-0.39, 0.29) is 5.91 Å². The van der Waals surface area contributed by atoms with Crippen LogP contribution in [0.4, 0.5) is 0 Å². The van der Waals surface area contributed by atoms with Crippen molar-refractivity contribution in [1.82, 2.24) is 10.2 Å². The van der Waals surface area contributed by atoms with Crippen molar-refractivity contribution in [2.45, 2.75) is 25.3 Å². The average Bonchev–Trinajstić information content (AvgIpc) is 3.07. The third kappa shape index (κ3) is 4.18. The Bertz CT molecular complexity index is 511. The van der Waals surface area contributed by atoms with E-state index in [0.717, 1.165) is 12.6 Å². The summed E-state index contributed by atoms with van der Waals surface area (Å²) in [7, 11) is 0. The van der Waals surface area contributed by atoms with Crippen molar-refractivity contribution < 1.29 is 4.79 Å². The molecule has 0 aromatic heterocycles. The summed E-state index contributed by atoms with van der Waals surface area (Å²) in [6.07, 6.45) is 3.73. The summed E-state index contributed by atoms with van der Waals surface area (Å²) in [5.74, 6) is 3.21. The van der Waals surface area contributed by atoms with Crippen LogP contribution >= 0.6 is 23.4 Å². The minimum absolute atomic E-state index is 0.0166. The normalized spacial score (nSPS) is 23.6. The molecule has 120 valence electrons. The maximum absolute atomic E-state index is 12.1. The van der Waals surface area contributed by atoms with Crippen molar-refractivity contribution in [3.8, 4) is 0 Å². The van der Waals surface area contributed by atoms with Crippen LogP contribution in [0.15, 0.2) is 24.3 Å². The van der Waals surface area contributed by atoms with Gasteiger partial charge in [-0.25, -0.2) is 0 Å². The van der Waals surface area contributed by atoms with E-state index in [1.165, 1.54) is 43.9 Å². The lowest BCUT2D eigenvalue weighted by Gasteiger charge is -2.35. The first kappa shape index (κ1) is 16.2. The molecule has 0 unspecified atom stereocenters. The van der Waals surface area contributed by atoms with E-state index < -0.39 is 0 Å². The number of rotatable bonds is 4. The number of amides is 1. The number of hydrogen-bond acceptors (Lipinski definition) is 3. The molecule has 1 aromatic carbocycles. The van der Waals surface area contributed by atoms with Gasteiger partial charge in [-0.1, -0.05) is 17.7 Å². The number of nitrogens with one attached hydrogen (secondary N) is 1. The quantitative estimate of drug-likeness (QED) is 0.914. The molecule has 22 heavy (non-hydrogen) atoms. The Morgan fingerprint density at radius 2 is 2.14 bits per heavy atom. The first-order valence-electron chi connectivity index (χ1n) is 8.08. The summed E-state index contributed by atoms with van der Waals surface area (Å²) in [6.45, 7) is 3.14. The number of carbonyl (C=O) groups is 1. The zero-order chi connectivity index (χ0) is 15.4. The monoisotopic (exact) mass is 338 g/mol. The van der Waals surface area contributed by atoms with E-state index in [0.29, 0.717) is 16.5 Å². The molecule has 1 N–H and O–H groups in total. The number of piperidine rings is 1. The van der Waals surface area contributed by atoms with Crippen molar-refractivity contribution in [2.24, 2.45) is 5.92 Å². The molecule has 0 saturated carbocycles. The fourth-order valence-corrected chi connectivity index (χ4v) is 4.75. The summed E-state index contributed by atoms with van der Waals surface area (Å²) in [5, 5.41) is 3.67. The molecule has 3 nitrogen and oxygen atoms in total. The maximum atomic E-state index is 12.1. The Morgan fingerprint density at radius 1 is 1.32 bits per heavy atom. The molecular formula is C17H23ClN2OS. The number of benzene rings is 1. The predicted octanol–water partition coefficient (Wildman–Crippen LogP) is 3.29. The highest BCUT2D eigenvalue weighted by molar-refractivity contribution is 7.99. The second-order valence-electron chi connectivity index (χ2n) is 6.22. The fourth-order valence-electron chi connectivity index (χ4n) is 3.30. The Kier molecular flexibility index (Phi) is 5.66. The molecule has 2 saturated heterocycles. The molecule has 2 fully saturated rings. The summed E-state index contributed by atoms with van der Waals surface area (Å²) < 4.78 is 0.